The molecule has 0 unspecified atom stereocenters. The van der Waals surface area contributed by atoms with E-state index in [2.05, 4.69) is 37.2 Å². The van der Waals surface area contributed by atoms with Crippen molar-refractivity contribution in [3.05, 3.63) is 42.7 Å². The summed E-state index contributed by atoms with van der Waals surface area (Å²) < 4.78 is 10.9. The molecule has 2 fully saturated rings. The molecule has 0 bridgehead atoms. The minimum atomic E-state index is 0.588. The molecule has 8 nitrogen and oxygen atoms in total. The molecule has 2 saturated heterocycles. The Labute approximate surface area is 188 Å². The Bertz CT molecular complexity index is 1050. The molecule has 168 valence electrons. The zero-order valence-electron chi connectivity index (χ0n) is 18.5. The number of nitrogens with zero attached hydrogens (tertiary/aromatic N) is 5. The van der Waals surface area contributed by atoms with Gasteiger partial charge in [-0.1, -0.05) is 0 Å². The highest BCUT2D eigenvalue weighted by atomic mass is 16.5. The Morgan fingerprint density at radius 3 is 2.62 bits per heavy atom. The van der Waals surface area contributed by atoms with Crippen molar-refractivity contribution in [3.8, 4) is 5.75 Å². The lowest BCUT2D eigenvalue weighted by atomic mass is 9.96. The first-order chi connectivity index (χ1) is 15.8. The van der Waals surface area contributed by atoms with Gasteiger partial charge in [0.15, 0.2) is 11.6 Å². The van der Waals surface area contributed by atoms with Gasteiger partial charge in [-0.2, -0.15) is 0 Å². The first kappa shape index (κ1) is 20.8. The first-order valence-electron chi connectivity index (χ1n) is 11.4. The minimum absolute atomic E-state index is 0.588. The van der Waals surface area contributed by atoms with Crippen molar-refractivity contribution in [1.29, 1.82) is 0 Å². The molecule has 0 saturated carbocycles. The van der Waals surface area contributed by atoms with Gasteiger partial charge in [0.1, 0.15) is 11.6 Å². The molecule has 0 aliphatic carbocycles. The number of ether oxygens (including phenoxy) is 2. The molecule has 3 aromatic rings. The third kappa shape index (κ3) is 4.41. The van der Waals surface area contributed by atoms with E-state index >= 15 is 0 Å². The number of anilines is 3. The molecule has 5 rings (SSSR count). The number of hydrogen-bond donors (Lipinski definition) is 1. The van der Waals surface area contributed by atoms with E-state index in [-0.39, 0.29) is 0 Å². The third-order valence-electron chi connectivity index (χ3n) is 6.36. The van der Waals surface area contributed by atoms with Crippen LogP contribution in [0.15, 0.2) is 42.7 Å². The average Bonchev–Trinajstić information content (AvgIpc) is 2.88. The van der Waals surface area contributed by atoms with Gasteiger partial charge in [0.2, 0.25) is 0 Å². The Kier molecular flexibility index (Phi) is 6.20. The number of fused-ring (bicyclic) bond motifs is 1. The summed E-state index contributed by atoms with van der Waals surface area (Å²) in [6.07, 6.45) is 5.86. The first-order valence-corrected chi connectivity index (χ1v) is 11.4. The third-order valence-corrected chi connectivity index (χ3v) is 6.36. The van der Waals surface area contributed by atoms with E-state index in [4.69, 9.17) is 14.5 Å². The van der Waals surface area contributed by atoms with Crippen molar-refractivity contribution in [3.63, 3.8) is 0 Å². The van der Waals surface area contributed by atoms with Gasteiger partial charge >= 0.3 is 0 Å². The molecule has 5 heterocycles. The predicted molar refractivity (Wildman–Crippen MR) is 127 cm³/mol. The molecule has 3 aromatic heterocycles. The molecular weight excluding hydrogens is 404 g/mol. The monoisotopic (exact) mass is 434 g/mol. The fraction of sp³-hybridized carbons (Fsp3) is 0.458. The summed E-state index contributed by atoms with van der Waals surface area (Å²) in [7, 11) is 1.68. The Morgan fingerprint density at radius 2 is 1.81 bits per heavy atom. The van der Waals surface area contributed by atoms with Gasteiger partial charge in [0, 0.05) is 56.6 Å². The summed E-state index contributed by atoms with van der Waals surface area (Å²) in [5.41, 5.74) is 1.00. The maximum absolute atomic E-state index is 5.52. The molecule has 0 aromatic carbocycles. The molecule has 0 atom stereocenters. The number of rotatable bonds is 6. The summed E-state index contributed by atoms with van der Waals surface area (Å²) in [5, 5.41) is 4.60. The molecule has 0 radical (unpaired) electrons. The number of piperidine rings is 1. The molecular formula is C24H30N6O2. The van der Waals surface area contributed by atoms with Crippen LogP contribution >= 0.6 is 0 Å². The van der Waals surface area contributed by atoms with Gasteiger partial charge in [-0.15, -0.1) is 0 Å². The second kappa shape index (κ2) is 9.56. The van der Waals surface area contributed by atoms with E-state index in [1.807, 2.05) is 24.4 Å². The summed E-state index contributed by atoms with van der Waals surface area (Å²) in [5.74, 6) is 4.24. The van der Waals surface area contributed by atoms with E-state index in [1.165, 1.54) is 0 Å². The van der Waals surface area contributed by atoms with Gasteiger partial charge in [-0.25, -0.2) is 9.97 Å². The SMILES string of the molecule is COc1cccnc1NCC1CCN(c2nc(N3CCOCC3)cc3ncccc23)CC1. The van der Waals surface area contributed by atoms with Crippen molar-refractivity contribution in [2.24, 2.45) is 5.92 Å². The van der Waals surface area contributed by atoms with E-state index < -0.39 is 0 Å². The highest BCUT2D eigenvalue weighted by Gasteiger charge is 2.24. The smallest absolute Gasteiger partial charge is 0.168 e. The van der Waals surface area contributed by atoms with E-state index in [9.17, 15) is 0 Å². The number of methoxy groups -OCH3 is 1. The molecule has 0 amide bonds. The normalized spacial score (nSPS) is 17.5. The number of nitrogens with one attached hydrogen (secondary N) is 1. The van der Waals surface area contributed by atoms with Gasteiger partial charge in [0.05, 0.1) is 25.8 Å². The molecule has 2 aliphatic heterocycles. The van der Waals surface area contributed by atoms with Gasteiger partial charge in [-0.05, 0) is 43.0 Å². The number of pyridine rings is 3. The average molecular weight is 435 g/mol. The molecule has 8 heteroatoms. The zero-order chi connectivity index (χ0) is 21.8. The minimum Gasteiger partial charge on any atom is -0.493 e. The van der Waals surface area contributed by atoms with Gasteiger partial charge < -0.3 is 24.6 Å². The fourth-order valence-electron chi connectivity index (χ4n) is 4.52. The van der Waals surface area contributed by atoms with E-state index in [1.54, 1.807) is 13.3 Å². The van der Waals surface area contributed by atoms with Crippen molar-refractivity contribution in [2.75, 3.05) is 68.2 Å². The van der Waals surface area contributed by atoms with Crippen LogP contribution in [0.1, 0.15) is 12.8 Å². The standard InChI is InChI=1S/C24H30N6O2/c1-31-21-5-3-9-26-23(21)27-17-18-6-10-30(11-7-18)24-19-4-2-8-25-20(19)16-22(28-24)29-12-14-32-15-13-29/h2-5,8-9,16,18H,6-7,10-15,17H2,1H3,(H,26,27). The van der Waals surface area contributed by atoms with Crippen LogP contribution in [0.5, 0.6) is 5.75 Å². The zero-order valence-corrected chi connectivity index (χ0v) is 18.5. The Morgan fingerprint density at radius 1 is 1.03 bits per heavy atom. The largest absolute Gasteiger partial charge is 0.493 e. The molecule has 2 aliphatic rings. The quantitative estimate of drug-likeness (QED) is 0.634. The van der Waals surface area contributed by atoms with Crippen LogP contribution < -0.4 is 19.9 Å². The highest BCUT2D eigenvalue weighted by Crippen LogP contribution is 2.31. The second-order valence-electron chi connectivity index (χ2n) is 8.34. The lowest BCUT2D eigenvalue weighted by Gasteiger charge is -2.35. The highest BCUT2D eigenvalue weighted by molar-refractivity contribution is 5.91. The maximum Gasteiger partial charge on any atom is 0.168 e. The van der Waals surface area contributed by atoms with Crippen LogP contribution in [0.3, 0.4) is 0 Å². The van der Waals surface area contributed by atoms with Crippen molar-refractivity contribution < 1.29 is 9.47 Å². The van der Waals surface area contributed by atoms with Crippen LogP contribution in [0.4, 0.5) is 17.5 Å². The summed E-state index contributed by atoms with van der Waals surface area (Å²) in [6, 6.07) is 10.1. The maximum atomic E-state index is 5.52. The topological polar surface area (TPSA) is 75.6 Å². The number of morpholine rings is 1. The summed E-state index contributed by atoms with van der Waals surface area (Å²) in [4.78, 5) is 18.9. The van der Waals surface area contributed by atoms with Gasteiger partial charge in [0.25, 0.3) is 0 Å². The lowest BCUT2D eigenvalue weighted by Crippen LogP contribution is -2.38. The fourth-order valence-corrected chi connectivity index (χ4v) is 4.52. The lowest BCUT2D eigenvalue weighted by molar-refractivity contribution is 0.122. The number of hydrogen-bond acceptors (Lipinski definition) is 8. The summed E-state index contributed by atoms with van der Waals surface area (Å²) >= 11 is 0. The van der Waals surface area contributed by atoms with Crippen LogP contribution in [-0.4, -0.2) is 68.0 Å². The predicted octanol–water partition coefficient (Wildman–Crippen LogP) is 3.20. The second-order valence-corrected chi connectivity index (χ2v) is 8.34. The molecule has 1 N–H and O–H groups in total. The Hall–Kier alpha value is -3.13. The molecule has 0 spiro atoms. The number of aromatic nitrogens is 3. The van der Waals surface area contributed by atoms with E-state index in [0.29, 0.717) is 5.92 Å². The van der Waals surface area contributed by atoms with Crippen molar-refractivity contribution >= 4 is 28.4 Å². The molecule has 32 heavy (non-hydrogen) atoms. The Balaban J connectivity index is 1.29. The van der Waals surface area contributed by atoms with Crippen LogP contribution in [0.2, 0.25) is 0 Å². The van der Waals surface area contributed by atoms with Crippen LogP contribution in [0.25, 0.3) is 10.9 Å². The van der Waals surface area contributed by atoms with Crippen LogP contribution in [-0.2, 0) is 4.74 Å². The van der Waals surface area contributed by atoms with E-state index in [0.717, 1.165) is 92.9 Å². The summed E-state index contributed by atoms with van der Waals surface area (Å²) in [6.45, 7) is 6.09. The van der Waals surface area contributed by atoms with Crippen molar-refractivity contribution in [2.45, 2.75) is 12.8 Å². The van der Waals surface area contributed by atoms with Crippen molar-refractivity contribution in [1.82, 2.24) is 15.0 Å². The van der Waals surface area contributed by atoms with Crippen LogP contribution in [0, 0.1) is 5.92 Å². The van der Waals surface area contributed by atoms with Gasteiger partial charge in [-0.3, -0.25) is 4.98 Å².